The van der Waals surface area contributed by atoms with Gasteiger partial charge >= 0.3 is 12.1 Å². The molecule has 0 aromatic carbocycles. The molecular weight excluding hydrogens is 246 g/mol. The van der Waals surface area contributed by atoms with Crippen molar-refractivity contribution < 1.29 is 19.1 Å². The van der Waals surface area contributed by atoms with Gasteiger partial charge in [0.05, 0.1) is 7.11 Å². The highest BCUT2D eigenvalue weighted by molar-refractivity contribution is 5.82. The van der Waals surface area contributed by atoms with Crippen LogP contribution in [0.3, 0.4) is 0 Å². The zero-order valence-electron chi connectivity index (χ0n) is 12.7. The third-order valence-corrected chi connectivity index (χ3v) is 3.37. The van der Waals surface area contributed by atoms with E-state index in [1.165, 1.54) is 12.0 Å². The SMILES string of the molecule is COC(=O)[C@@H]1[C@@H](C(C)C)CCN1C(=O)OC(C)(C)C. The number of hydrogen-bond acceptors (Lipinski definition) is 4. The third-order valence-electron chi connectivity index (χ3n) is 3.37. The number of ether oxygens (including phenoxy) is 2. The van der Waals surface area contributed by atoms with Crippen LogP contribution in [0.25, 0.3) is 0 Å². The van der Waals surface area contributed by atoms with Gasteiger partial charge in [-0.2, -0.15) is 0 Å². The van der Waals surface area contributed by atoms with Crippen LogP contribution in [0.4, 0.5) is 4.79 Å². The molecule has 0 aromatic heterocycles. The van der Waals surface area contributed by atoms with Gasteiger partial charge in [0.15, 0.2) is 0 Å². The van der Waals surface area contributed by atoms with Crippen molar-refractivity contribution in [2.24, 2.45) is 11.8 Å². The Morgan fingerprint density at radius 1 is 1.26 bits per heavy atom. The molecule has 1 fully saturated rings. The Bertz CT molecular complexity index is 346. The lowest BCUT2D eigenvalue weighted by Crippen LogP contribution is -2.46. The molecule has 0 aliphatic carbocycles. The molecule has 0 unspecified atom stereocenters. The summed E-state index contributed by atoms with van der Waals surface area (Å²) in [5.41, 5.74) is -0.562. The van der Waals surface area contributed by atoms with Gasteiger partial charge in [-0.05, 0) is 39.0 Å². The van der Waals surface area contributed by atoms with Crippen molar-refractivity contribution in [1.29, 1.82) is 0 Å². The molecule has 1 saturated heterocycles. The molecular formula is C14H25NO4. The summed E-state index contributed by atoms with van der Waals surface area (Å²) in [6, 6.07) is -0.528. The predicted octanol–water partition coefficient (Wildman–Crippen LogP) is 2.44. The van der Waals surface area contributed by atoms with Crippen LogP contribution in [0, 0.1) is 11.8 Å². The number of carbonyl (C=O) groups excluding carboxylic acids is 2. The molecule has 0 bridgehead atoms. The molecule has 0 saturated carbocycles. The second-order valence-electron chi connectivity index (χ2n) is 6.34. The quantitative estimate of drug-likeness (QED) is 0.724. The minimum atomic E-state index is -0.562. The first kappa shape index (κ1) is 15.8. The van der Waals surface area contributed by atoms with Gasteiger partial charge < -0.3 is 9.47 Å². The minimum Gasteiger partial charge on any atom is -0.467 e. The van der Waals surface area contributed by atoms with Crippen LogP contribution >= 0.6 is 0 Å². The number of nitrogens with zero attached hydrogens (tertiary/aromatic N) is 1. The molecule has 1 amide bonds. The molecule has 1 aliphatic rings. The van der Waals surface area contributed by atoms with E-state index in [2.05, 4.69) is 13.8 Å². The fourth-order valence-corrected chi connectivity index (χ4v) is 2.46. The first-order valence-electron chi connectivity index (χ1n) is 6.75. The second-order valence-corrected chi connectivity index (χ2v) is 6.34. The number of likely N-dealkylation sites (tertiary alicyclic amines) is 1. The lowest BCUT2D eigenvalue weighted by molar-refractivity contribution is -0.147. The number of carbonyl (C=O) groups is 2. The van der Waals surface area contributed by atoms with E-state index in [-0.39, 0.29) is 11.9 Å². The molecule has 1 heterocycles. The van der Waals surface area contributed by atoms with Crippen LogP contribution in [-0.4, -0.2) is 42.3 Å². The van der Waals surface area contributed by atoms with Crippen molar-refractivity contribution in [3.05, 3.63) is 0 Å². The molecule has 5 heteroatoms. The molecule has 1 aliphatic heterocycles. The number of rotatable bonds is 2. The highest BCUT2D eigenvalue weighted by atomic mass is 16.6. The molecule has 1 rings (SSSR count). The second kappa shape index (κ2) is 5.80. The van der Waals surface area contributed by atoms with Crippen molar-refractivity contribution >= 4 is 12.1 Å². The molecule has 0 radical (unpaired) electrons. The van der Waals surface area contributed by atoms with Gasteiger partial charge in [-0.3, -0.25) is 4.90 Å². The maximum absolute atomic E-state index is 12.2. The molecule has 2 atom stereocenters. The number of methoxy groups -OCH3 is 1. The highest BCUT2D eigenvalue weighted by Crippen LogP contribution is 2.32. The Kier molecular flexibility index (Phi) is 4.82. The largest absolute Gasteiger partial charge is 0.467 e. The Morgan fingerprint density at radius 2 is 1.84 bits per heavy atom. The number of amides is 1. The fourth-order valence-electron chi connectivity index (χ4n) is 2.46. The van der Waals surface area contributed by atoms with Gasteiger partial charge in [-0.25, -0.2) is 9.59 Å². The highest BCUT2D eigenvalue weighted by Gasteiger charge is 2.45. The molecule has 0 aromatic rings. The average molecular weight is 271 g/mol. The van der Waals surface area contributed by atoms with E-state index in [4.69, 9.17) is 9.47 Å². The lowest BCUT2D eigenvalue weighted by Gasteiger charge is -2.30. The maximum Gasteiger partial charge on any atom is 0.411 e. The van der Waals surface area contributed by atoms with Gasteiger partial charge in [0.25, 0.3) is 0 Å². The number of hydrogen-bond donors (Lipinski definition) is 0. The summed E-state index contributed by atoms with van der Waals surface area (Å²) in [6.07, 6.45) is 0.363. The van der Waals surface area contributed by atoms with Crippen LogP contribution in [0.1, 0.15) is 41.0 Å². The summed E-state index contributed by atoms with van der Waals surface area (Å²) >= 11 is 0. The van der Waals surface area contributed by atoms with Crippen LogP contribution in [0.15, 0.2) is 0 Å². The summed E-state index contributed by atoms with van der Waals surface area (Å²) < 4.78 is 10.2. The summed E-state index contributed by atoms with van der Waals surface area (Å²) in [7, 11) is 1.35. The average Bonchev–Trinajstić information content (AvgIpc) is 2.70. The van der Waals surface area contributed by atoms with E-state index in [0.29, 0.717) is 12.5 Å². The van der Waals surface area contributed by atoms with Crippen molar-refractivity contribution in [2.75, 3.05) is 13.7 Å². The normalized spacial score (nSPS) is 23.6. The van der Waals surface area contributed by atoms with Crippen LogP contribution in [0.2, 0.25) is 0 Å². The first-order chi connectivity index (χ1) is 8.67. The molecule has 0 spiro atoms. The molecule has 0 N–H and O–H groups in total. The minimum absolute atomic E-state index is 0.125. The molecule has 5 nitrogen and oxygen atoms in total. The monoisotopic (exact) mass is 271 g/mol. The Hall–Kier alpha value is -1.26. The van der Waals surface area contributed by atoms with E-state index in [9.17, 15) is 9.59 Å². The molecule has 19 heavy (non-hydrogen) atoms. The van der Waals surface area contributed by atoms with Gasteiger partial charge in [0.2, 0.25) is 0 Å². The van der Waals surface area contributed by atoms with Gasteiger partial charge in [-0.1, -0.05) is 13.8 Å². The zero-order valence-corrected chi connectivity index (χ0v) is 12.7. The lowest BCUT2D eigenvalue weighted by atomic mass is 9.89. The van der Waals surface area contributed by atoms with Crippen LogP contribution < -0.4 is 0 Å². The smallest absolute Gasteiger partial charge is 0.411 e. The zero-order chi connectivity index (χ0) is 14.8. The molecule has 110 valence electrons. The van der Waals surface area contributed by atoms with E-state index in [1.54, 1.807) is 0 Å². The van der Waals surface area contributed by atoms with E-state index in [0.717, 1.165) is 6.42 Å². The van der Waals surface area contributed by atoms with Crippen molar-refractivity contribution in [1.82, 2.24) is 4.90 Å². The summed E-state index contributed by atoms with van der Waals surface area (Å²) in [5.74, 6) is 0.0820. The van der Waals surface area contributed by atoms with Gasteiger partial charge in [0.1, 0.15) is 11.6 Å². The topological polar surface area (TPSA) is 55.8 Å². The van der Waals surface area contributed by atoms with E-state index >= 15 is 0 Å². The predicted molar refractivity (Wildman–Crippen MR) is 71.7 cm³/mol. The van der Waals surface area contributed by atoms with Gasteiger partial charge in [0, 0.05) is 6.54 Å². The summed E-state index contributed by atoms with van der Waals surface area (Å²) in [5, 5.41) is 0. The Balaban J connectivity index is 2.88. The van der Waals surface area contributed by atoms with Crippen molar-refractivity contribution in [3.63, 3.8) is 0 Å². The van der Waals surface area contributed by atoms with Gasteiger partial charge in [-0.15, -0.1) is 0 Å². The van der Waals surface area contributed by atoms with E-state index in [1.807, 2.05) is 20.8 Å². The fraction of sp³-hybridized carbons (Fsp3) is 0.857. The van der Waals surface area contributed by atoms with Crippen LogP contribution in [-0.2, 0) is 14.3 Å². The first-order valence-corrected chi connectivity index (χ1v) is 6.75. The van der Waals surface area contributed by atoms with E-state index < -0.39 is 17.7 Å². The Labute approximate surface area is 115 Å². The van der Waals surface area contributed by atoms with Crippen molar-refractivity contribution in [2.45, 2.75) is 52.7 Å². The van der Waals surface area contributed by atoms with Crippen molar-refractivity contribution in [3.8, 4) is 0 Å². The summed E-state index contributed by atoms with van der Waals surface area (Å²) in [4.78, 5) is 25.6. The standard InChI is InChI=1S/C14H25NO4/c1-9(2)10-7-8-15(11(10)12(16)18-6)13(17)19-14(3,4)5/h9-11H,7-8H2,1-6H3/t10-,11+/m1/s1. The summed E-state index contributed by atoms with van der Waals surface area (Å²) in [6.45, 7) is 10.1. The third kappa shape index (κ3) is 3.85. The number of esters is 1. The van der Waals surface area contributed by atoms with Crippen LogP contribution in [0.5, 0.6) is 0 Å². The Morgan fingerprint density at radius 3 is 2.26 bits per heavy atom. The maximum atomic E-state index is 12.2.